The van der Waals surface area contributed by atoms with Crippen molar-refractivity contribution in [3.8, 4) is 5.88 Å². The average molecular weight is 314 g/mol. The first-order valence-corrected chi connectivity index (χ1v) is 6.92. The molecule has 0 aliphatic heterocycles. The molecule has 2 aromatic rings. The number of hydrogen-bond donors (Lipinski definition) is 1. The lowest BCUT2D eigenvalue weighted by atomic mass is 10.2. The molecule has 0 saturated carbocycles. The summed E-state index contributed by atoms with van der Waals surface area (Å²) in [6.07, 6.45) is 0. The number of pyridine rings is 1. The number of nitro groups is 1. The minimum absolute atomic E-state index is 0.0969. The standard InChI is InChI=1S/C12H12ClN3O3S/c1-7(9-4-5-10(13)20-9)14-12-8(16(17)18)3-6-11(15-12)19-2/h3-7H,1-2H3,(H,14,15). The summed E-state index contributed by atoms with van der Waals surface area (Å²) < 4.78 is 5.66. The summed E-state index contributed by atoms with van der Waals surface area (Å²) in [6.45, 7) is 1.88. The van der Waals surface area contributed by atoms with E-state index in [1.165, 1.54) is 30.6 Å². The van der Waals surface area contributed by atoms with E-state index >= 15 is 0 Å². The molecule has 6 nitrogen and oxygen atoms in total. The smallest absolute Gasteiger partial charge is 0.311 e. The number of anilines is 1. The van der Waals surface area contributed by atoms with Gasteiger partial charge in [-0.2, -0.15) is 4.98 Å². The molecule has 1 unspecified atom stereocenters. The summed E-state index contributed by atoms with van der Waals surface area (Å²) in [4.78, 5) is 15.6. The van der Waals surface area contributed by atoms with Gasteiger partial charge >= 0.3 is 5.69 Å². The molecule has 2 aromatic heterocycles. The zero-order valence-corrected chi connectivity index (χ0v) is 12.4. The second-order valence-corrected chi connectivity index (χ2v) is 5.73. The van der Waals surface area contributed by atoms with Crippen molar-refractivity contribution in [1.82, 2.24) is 4.98 Å². The fraction of sp³-hybridized carbons (Fsp3) is 0.250. The molecule has 0 saturated heterocycles. The predicted molar refractivity (Wildman–Crippen MR) is 78.8 cm³/mol. The highest BCUT2D eigenvalue weighted by atomic mass is 35.5. The lowest BCUT2D eigenvalue weighted by Gasteiger charge is -2.13. The molecule has 1 atom stereocenters. The minimum Gasteiger partial charge on any atom is -0.481 e. The molecule has 0 bridgehead atoms. The molecule has 0 aromatic carbocycles. The van der Waals surface area contributed by atoms with Gasteiger partial charge in [0.2, 0.25) is 11.7 Å². The molecule has 106 valence electrons. The maximum Gasteiger partial charge on any atom is 0.311 e. The molecule has 0 fully saturated rings. The van der Waals surface area contributed by atoms with E-state index in [2.05, 4.69) is 10.3 Å². The Hall–Kier alpha value is -1.86. The molecule has 1 N–H and O–H groups in total. The molecule has 0 aliphatic carbocycles. The number of ether oxygens (including phenoxy) is 1. The van der Waals surface area contributed by atoms with E-state index in [-0.39, 0.29) is 17.5 Å². The summed E-state index contributed by atoms with van der Waals surface area (Å²) in [5, 5.41) is 14.0. The van der Waals surface area contributed by atoms with Crippen LogP contribution in [0.4, 0.5) is 11.5 Å². The molecule has 20 heavy (non-hydrogen) atoms. The number of nitrogens with one attached hydrogen (secondary N) is 1. The van der Waals surface area contributed by atoms with Crippen molar-refractivity contribution in [2.75, 3.05) is 12.4 Å². The third-order valence-corrected chi connectivity index (χ3v) is 4.04. The number of halogens is 1. The SMILES string of the molecule is COc1ccc([N+](=O)[O-])c(NC(C)c2ccc(Cl)s2)n1. The van der Waals surface area contributed by atoms with Crippen LogP contribution in [0.2, 0.25) is 4.34 Å². The largest absolute Gasteiger partial charge is 0.481 e. The van der Waals surface area contributed by atoms with Crippen molar-refractivity contribution in [3.63, 3.8) is 0 Å². The highest BCUT2D eigenvalue weighted by molar-refractivity contribution is 7.16. The Labute approximate surface area is 124 Å². The minimum atomic E-state index is -0.483. The van der Waals surface area contributed by atoms with Crippen molar-refractivity contribution in [3.05, 3.63) is 43.6 Å². The van der Waals surface area contributed by atoms with E-state index in [4.69, 9.17) is 16.3 Å². The Kier molecular flexibility index (Phi) is 4.41. The highest BCUT2D eigenvalue weighted by Gasteiger charge is 2.19. The van der Waals surface area contributed by atoms with Crippen LogP contribution in [0.5, 0.6) is 5.88 Å². The van der Waals surface area contributed by atoms with E-state index < -0.39 is 4.92 Å². The summed E-state index contributed by atoms with van der Waals surface area (Å²) in [5.41, 5.74) is -0.0969. The Morgan fingerprint density at radius 2 is 2.20 bits per heavy atom. The van der Waals surface area contributed by atoms with Gasteiger partial charge in [0, 0.05) is 17.0 Å². The van der Waals surface area contributed by atoms with E-state index in [0.717, 1.165) is 4.88 Å². The second-order valence-electron chi connectivity index (χ2n) is 3.99. The molecule has 2 heterocycles. The maximum absolute atomic E-state index is 11.0. The van der Waals surface area contributed by atoms with Crippen LogP contribution in [0.25, 0.3) is 0 Å². The van der Waals surface area contributed by atoms with Gasteiger partial charge in [-0.05, 0) is 19.1 Å². The second kappa shape index (κ2) is 6.06. The Morgan fingerprint density at radius 1 is 1.45 bits per heavy atom. The fourth-order valence-electron chi connectivity index (χ4n) is 1.64. The van der Waals surface area contributed by atoms with Crippen LogP contribution < -0.4 is 10.1 Å². The summed E-state index contributed by atoms with van der Waals surface area (Å²) in [7, 11) is 1.46. The zero-order valence-electron chi connectivity index (χ0n) is 10.8. The van der Waals surface area contributed by atoms with Crippen LogP contribution in [0.3, 0.4) is 0 Å². The number of thiophene rings is 1. The first kappa shape index (κ1) is 14.5. The first-order valence-electron chi connectivity index (χ1n) is 5.72. The first-order chi connectivity index (χ1) is 9.51. The molecule has 0 spiro atoms. The number of nitrogens with zero attached hydrogens (tertiary/aromatic N) is 2. The molecular formula is C12H12ClN3O3S. The highest BCUT2D eigenvalue weighted by Crippen LogP contribution is 2.32. The van der Waals surface area contributed by atoms with Crippen LogP contribution in [0, 0.1) is 10.1 Å². The Morgan fingerprint density at radius 3 is 2.75 bits per heavy atom. The van der Waals surface area contributed by atoms with E-state index in [0.29, 0.717) is 10.2 Å². The Bertz CT molecular complexity index is 632. The summed E-state index contributed by atoms with van der Waals surface area (Å²) in [6, 6.07) is 6.33. The lowest BCUT2D eigenvalue weighted by Crippen LogP contribution is -2.09. The monoisotopic (exact) mass is 313 g/mol. The average Bonchev–Trinajstić information content (AvgIpc) is 2.85. The van der Waals surface area contributed by atoms with Crippen LogP contribution in [0.15, 0.2) is 24.3 Å². The number of rotatable bonds is 5. The molecular weight excluding hydrogens is 302 g/mol. The van der Waals surface area contributed by atoms with Crippen molar-refractivity contribution >= 4 is 34.4 Å². The third kappa shape index (κ3) is 3.17. The number of hydrogen-bond acceptors (Lipinski definition) is 6. The van der Waals surface area contributed by atoms with Crippen molar-refractivity contribution < 1.29 is 9.66 Å². The van der Waals surface area contributed by atoms with Gasteiger partial charge in [-0.15, -0.1) is 11.3 Å². The van der Waals surface area contributed by atoms with Crippen LogP contribution in [-0.2, 0) is 0 Å². The summed E-state index contributed by atoms with van der Waals surface area (Å²) >= 11 is 7.30. The summed E-state index contributed by atoms with van der Waals surface area (Å²) in [5.74, 6) is 0.487. The van der Waals surface area contributed by atoms with E-state index in [1.807, 2.05) is 13.0 Å². The predicted octanol–water partition coefficient (Wildman–Crippen LogP) is 3.89. The number of aromatic nitrogens is 1. The van der Waals surface area contributed by atoms with Crippen molar-refractivity contribution in [2.45, 2.75) is 13.0 Å². The van der Waals surface area contributed by atoms with Gasteiger partial charge in [0.05, 0.1) is 22.4 Å². The third-order valence-electron chi connectivity index (χ3n) is 2.63. The molecule has 0 aliphatic rings. The van der Waals surface area contributed by atoms with Crippen LogP contribution in [0.1, 0.15) is 17.8 Å². The van der Waals surface area contributed by atoms with E-state index in [1.54, 1.807) is 6.07 Å². The van der Waals surface area contributed by atoms with Gasteiger partial charge in [-0.3, -0.25) is 10.1 Å². The van der Waals surface area contributed by atoms with Gasteiger partial charge in [-0.1, -0.05) is 11.6 Å². The zero-order chi connectivity index (χ0) is 14.7. The fourth-order valence-corrected chi connectivity index (χ4v) is 2.70. The van der Waals surface area contributed by atoms with E-state index in [9.17, 15) is 10.1 Å². The van der Waals surface area contributed by atoms with Crippen LogP contribution in [-0.4, -0.2) is 17.0 Å². The van der Waals surface area contributed by atoms with Gasteiger partial charge in [0.25, 0.3) is 0 Å². The van der Waals surface area contributed by atoms with Gasteiger partial charge in [-0.25, -0.2) is 0 Å². The van der Waals surface area contributed by atoms with Gasteiger partial charge in [0.15, 0.2) is 0 Å². The lowest BCUT2D eigenvalue weighted by molar-refractivity contribution is -0.384. The maximum atomic E-state index is 11.0. The van der Waals surface area contributed by atoms with Gasteiger partial charge < -0.3 is 10.1 Å². The quantitative estimate of drug-likeness (QED) is 0.669. The Balaban J connectivity index is 2.29. The van der Waals surface area contributed by atoms with Crippen LogP contribution >= 0.6 is 22.9 Å². The molecule has 0 amide bonds. The normalized spacial score (nSPS) is 11.9. The molecule has 0 radical (unpaired) electrons. The van der Waals surface area contributed by atoms with Gasteiger partial charge in [0.1, 0.15) is 0 Å². The van der Waals surface area contributed by atoms with Crippen molar-refractivity contribution in [2.24, 2.45) is 0 Å². The number of methoxy groups -OCH3 is 1. The van der Waals surface area contributed by atoms with Crippen molar-refractivity contribution in [1.29, 1.82) is 0 Å². The molecule has 8 heteroatoms. The topological polar surface area (TPSA) is 77.3 Å². The molecule has 2 rings (SSSR count).